The van der Waals surface area contributed by atoms with Crippen LogP contribution in [0.2, 0.25) is 5.02 Å². The predicted octanol–water partition coefficient (Wildman–Crippen LogP) is 4.39. The first-order valence-electron chi connectivity index (χ1n) is 10.5. The van der Waals surface area contributed by atoms with Gasteiger partial charge in [-0.1, -0.05) is 23.8 Å². The standard InChI is InChI=1S/C23H29ClN2O5S/c1-2-30-23(27)13-8-19(14-17-31-21-7-5-15-25-18-21)6-3-4-16-26-32(28,29)22-11-9-20(24)10-12-22/h3,5-7,9-12,15,18-19,26H,2,4,8,13-14,16-17H2,1H3/b6-3+. The molecule has 0 spiro atoms. The number of carbonyl (C=O) groups is 1. The monoisotopic (exact) mass is 480 g/mol. The summed E-state index contributed by atoms with van der Waals surface area (Å²) in [5, 5.41) is 0.480. The summed E-state index contributed by atoms with van der Waals surface area (Å²) in [6.45, 7) is 2.88. The van der Waals surface area contributed by atoms with E-state index in [9.17, 15) is 13.2 Å². The van der Waals surface area contributed by atoms with Gasteiger partial charge >= 0.3 is 5.97 Å². The molecule has 1 unspecified atom stereocenters. The van der Waals surface area contributed by atoms with Crippen LogP contribution in [0.1, 0.15) is 32.6 Å². The molecule has 0 fully saturated rings. The van der Waals surface area contributed by atoms with Crippen molar-refractivity contribution >= 4 is 27.6 Å². The number of pyridine rings is 1. The Morgan fingerprint density at radius 1 is 1.22 bits per heavy atom. The van der Waals surface area contributed by atoms with E-state index in [1.165, 1.54) is 24.3 Å². The first-order chi connectivity index (χ1) is 15.4. The molecule has 7 nitrogen and oxygen atoms in total. The van der Waals surface area contributed by atoms with Crippen LogP contribution in [-0.2, 0) is 19.6 Å². The molecule has 0 saturated carbocycles. The zero-order valence-corrected chi connectivity index (χ0v) is 19.6. The van der Waals surface area contributed by atoms with Crippen LogP contribution in [0.4, 0.5) is 0 Å². The van der Waals surface area contributed by atoms with E-state index in [0.29, 0.717) is 49.7 Å². The fraction of sp³-hybridized carbons (Fsp3) is 0.391. The minimum absolute atomic E-state index is 0.101. The molecule has 1 aromatic carbocycles. The summed E-state index contributed by atoms with van der Waals surface area (Å²) in [6, 6.07) is 9.65. The van der Waals surface area contributed by atoms with E-state index in [1.807, 2.05) is 18.2 Å². The number of ether oxygens (including phenoxy) is 2. The number of carbonyl (C=O) groups excluding carboxylic acids is 1. The van der Waals surface area contributed by atoms with Gasteiger partial charge in [-0.2, -0.15) is 0 Å². The molecule has 1 aromatic heterocycles. The minimum Gasteiger partial charge on any atom is -0.492 e. The van der Waals surface area contributed by atoms with Crippen LogP contribution in [0.3, 0.4) is 0 Å². The van der Waals surface area contributed by atoms with Crippen LogP contribution < -0.4 is 9.46 Å². The lowest BCUT2D eigenvalue weighted by molar-refractivity contribution is -0.143. The molecule has 0 aliphatic rings. The van der Waals surface area contributed by atoms with Gasteiger partial charge in [0, 0.05) is 24.2 Å². The molecule has 0 aliphatic carbocycles. The van der Waals surface area contributed by atoms with Crippen LogP contribution in [0.25, 0.3) is 0 Å². The third-order valence-corrected chi connectivity index (χ3v) is 6.28. The summed E-state index contributed by atoms with van der Waals surface area (Å²) >= 11 is 5.81. The number of esters is 1. The second kappa shape index (κ2) is 13.9. The lowest BCUT2D eigenvalue weighted by Crippen LogP contribution is -2.24. The Bertz CT molecular complexity index is 950. The quantitative estimate of drug-likeness (QED) is 0.245. The summed E-state index contributed by atoms with van der Waals surface area (Å²) in [4.78, 5) is 15.9. The summed E-state index contributed by atoms with van der Waals surface area (Å²) in [6.07, 6.45) is 9.43. The average Bonchev–Trinajstić information content (AvgIpc) is 2.78. The van der Waals surface area contributed by atoms with Crippen molar-refractivity contribution in [3.8, 4) is 5.75 Å². The molecule has 1 atom stereocenters. The topological polar surface area (TPSA) is 94.6 Å². The number of halogens is 1. The minimum atomic E-state index is -3.58. The van der Waals surface area contributed by atoms with Gasteiger partial charge in [-0.3, -0.25) is 9.78 Å². The number of nitrogens with zero attached hydrogens (tertiary/aromatic N) is 1. The number of sulfonamides is 1. The smallest absolute Gasteiger partial charge is 0.305 e. The van der Waals surface area contributed by atoms with E-state index in [1.54, 1.807) is 25.4 Å². The predicted molar refractivity (Wildman–Crippen MR) is 124 cm³/mol. The maximum atomic E-state index is 12.3. The first kappa shape index (κ1) is 25.8. The third kappa shape index (κ3) is 9.80. The molecule has 32 heavy (non-hydrogen) atoms. The Morgan fingerprint density at radius 3 is 2.69 bits per heavy atom. The van der Waals surface area contributed by atoms with Crippen molar-refractivity contribution in [3.63, 3.8) is 0 Å². The van der Waals surface area contributed by atoms with Crippen LogP contribution in [0.5, 0.6) is 5.75 Å². The van der Waals surface area contributed by atoms with E-state index in [2.05, 4.69) is 9.71 Å². The Morgan fingerprint density at radius 2 is 2.00 bits per heavy atom. The van der Waals surface area contributed by atoms with Crippen LogP contribution in [0.15, 0.2) is 65.8 Å². The van der Waals surface area contributed by atoms with Crippen molar-refractivity contribution in [2.45, 2.75) is 37.5 Å². The fourth-order valence-electron chi connectivity index (χ4n) is 2.90. The van der Waals surface area contributed by atoms with Gasteiger partial charge in [0.15, 0.2) is 0 Å². The molecule has 174 valence electrons. The van der Waals surface area contributed by atoms with Gasteiger partial charge in [0.2, 0.25) is 10.0 Å². The number of hydrogen-bond acceptors (Lipinski definition) is 6. The lowest BCUT2D eigenvalue weighted by atomic mass is 9.99. The maximum absolute atomic E-state index is 12.3. The van der Waals surface area contributed by atoms with Crippen LogP contribution >= 0.6 is 11.6 Å². The van der Waals surface area contributed by atoms with E-state index in [-0.39, 0.29) is 23.3 Å². The normalized spacial score (nSPS) is 12.6. The van der Waals surface area contributed by atoms with Gasteiger partial charge < -0.3 is 9.47 Å². The molecule has 0 amide bonds. The number of benzene rings is 1. The second-order valence-electron chi connectivity index (χ2n) is 7.00. The van der Waals surface area contributed by atoms with Crippen molar-refractivity contribution < 1.29 is 22.7 Å². The molecule has 0 bridgehead atoms. The molecule has 0 aliphatic heterocycles. The molecular weight excluding hydrogens is 452 g/mol. The number of hydrogen-bond donors (Lipinski definition) is 1. The first-order valence-corrected chi connectivity index (χ1v) is 12.4. The SMILES string of the molecule is CCOC(=O)CCC(/C=C/CCNS(=O)(=O)c1ccc(Cl)cc1)CCOc1cccnc1. The maximum Gasteiger partial charge on any atom is 0.305 e. The summed E-state index contributed by atoms with van der Waals surface area (Å²) in [5.74, 6) is 0.566. The van der Waals surface area contributed by atoms with E-state index in [0.717, 1.165) is 0 Å². The Hall–Kier alpha value is -2.42. The van der Waals surface area contributed by atoms with Gasteiger partial charge in [-0.05, 0) is 68.5 Å². The van der Waals surface area contributed by atoms with Crippen LogP contribution in [-0.4, -0.2) is 39.1 Å². The Balaban J connectivity index is 1.83. The van der Waals surface area contributed by atoms with E-state index in [4.69, 9.17) is 21.1 Å². The molecule has 2 aromatic rings. The number of rotatable bonds is 14. The summed E-state index contributed by atoms with van der Waals surface area (Å²) in [5.41, 5.74) is 0. The second-order valence-corrected chi connectivity index (χ2v) is 9.20. The Labute approximate surface area is 194 Å². The molecule has 0 radical (unpaired) electrons. The molecule has 0 saturated heterocycles. The van der Waals surface area contributed by atoms with Crippen molar-refractivity contribution in [2.75, 3.05) is 19.8 Å². The van der Waals surface area contributed by atoms with Crippen molar-refractivity contribution in [2.24, 2.45) is 5.92 Å². The third-order valence-electron chi connectivity index (χ3n) is 4.55. The van der Waals surface area contributed by atoms with Gasteiger partial charge in [0.05, 0.1) is 24.3 Å². The van der Waals surface area contributed by atoms with Crippen molar-refractivity contribution in [1.82, 2.24) is 9.71 Å². The van der Waals surface area contributed by atoms with E-state index < -0.39 is 10.0 Å². The average molecular weight is 481 g/mol. The summed E-state index contributed by atoms with van der Waals surface area (Å²) in [7, 11) is -3.58. The molecule has 1 N–H and O–H groups in total. The fourth-order valence-corrected chi connectivity index (χ4v) is 4.07. The van der Waals surface area contributed by atoms with Gasteiger partial charge in [-0.15, -0.1) is 0 Å². The van der Waals surface area contributed by atoms with Gasteiger partial charge in [-0.25, -0.2) is 13.1 Å². The molecule has 1 heterocycles. The number of nitrogens with one attached hydrogen (secondary N) is 1. The molecule has 2 rings (SSSR count). The van der Waals surface area contributed by atoms with Gasteiger partial charge in [0.1, 0.15) is 5.75 Å². The molecular formula is C23H29ClN2O5S. The largest absolute Gasteiger partial charge is 0.492 e. The van der Waals surface area contributed by atoms with Crippen LogP contribution in [0, 0.1) is 5.92 Å². The highest BCUT2D eigenvalue weighted by molar-refractivity contribution is 7.89. The highest BCUT2D eigenvalue weighted by Crippen LogP contribution is 2.17. The van der Waals surface area contributed by atoms with Crippen molar-refractivity contribution in [1.29, 1.82) is 0 Å². The molecule has 9 heteroatoms. The summed E-state index contributed by atoms with van der Waals surface area (Å²) < 4.78 is 37.9. The highest BCUT2D eigenvalue weighted by atomic mass is 35.5. The lowest BCUT2D eigenvalue weighted by Gasteiger charge is -2.13. The zero-order chi connectivity index (χ0) is 23.2. The zero-order valence-electron chi connectivity index (χ0n) is 18.1. The van der Waals surface area contributed by atoms with Crippen molar-refractivity contribution in [3.05, 3.63) is 66.0 Å². The Kier molecular flexibility index (Phi) is 11.2. The van der Waals surface area contributed by atoms with E-state index >= 15 is 0 Å². The highest BCUT2D eigenvalue weighted by Gasteiger charge is 2.13. The number of aromatic nitrogens is 1. The number of allylic oxidation sites excluding steroid dienone is 1. The van der Waals surface area contributed by atoms with Gasteiger partial charge in [0.25, 0.3) is 0 Å².